The molecule has 1 aliphatic carbocycles. The van der Waals surface area contributed by atoms with Gasteiger partial charge < -0.3 is 10.4 Å². The highest BCUT2D eigenvalue weighted by Gasteiger charge is 2.25. The van der Waals surface area contributed by atoms with Crippen molar-refractivity contribution in [2.45, 2.75) is 32.3 Å². The molecule has 0 amide bonds. The van der Waals surface area contributed by atoms with Crippen LogP contribution in [0.3, 0.4) is 0 Å². The molecule has 0 saturated heterocycles. The molecule has 2 unspecified atom stereocenters. The highest BCUT2D eigenvalue weighted by molar-refractivity contribution is 6.28. The third-order valence-electron chi connectivity index (χ3n) is 3.29. The number of nitrogens with zero attached hydrogens (tertiary/aromatic N) is 3. The van der Waals surface area contributed by atoms with Crippen LogP contribution in [0.25, 0.3) is 0 Å². The molecule has 0 aliphatic heterocycles. The zero-order valence-corrected chi connectivity index (χ0v) is 11.2. The van der Waals surface area contributed by atoms with E-state index in [1.807, 2.05) is 0 Å². The summed E-state index contributed by atoms with van der Waals surface area (Å²) in [6.07, 6.45) is 2.12. The highest BCUT2D eigenvalue weighted by Crippen LogP contribution is 2.29. The summed E-state index contributed by atoms with van der Waals surface area (Å²) in [7, 11) is 0. The first kappa shape index (κ1) is 14.0. The lowest BCUT2D eigenvalue weighted by Gasteiger charge is -2.12. The lowest BCUT2D eigenvalue weighted by Crippen LogP contribution is -2.15. The quantitative estimate of drug-likeness (QED) is 0.498. The summed E-state index contributed by atoms with van der Waals surface area (Å²) < 4.78 is 0. The molecule has 1 fully saturated rings. The molecular formula is C11H15ClN4O3. The summed E-state index contributed by atoms with van der Waals surface area (Å²) in [5.74, 6) is 0.438. The number of aliphatic hydroxyl groups excluding tert-OH is 1. The normalized spacial score (nSPS) is 22.5. The largest absolute Gasteiger partial charge is 0.393 e. The van der Waals surface area contributed by atoms with Gasteiger partial charge in [0.2, 0.25) is 11.1 Å². The average molecular weight is 287 g/mol. The van der Waals surface area contributed by atoms with Gasteiger partial charge in [-0.25, -0.2) is 4.98 Å². The molecule has 2 atom stereocenters. The van der Waals surface area contributed by atoms with E-state index in [1.165, 1.54) is 6.92 Å². The van der Waals surface area contributed by atoms with E-state index in [-0.39, 0.29) is 28.6 Å². The van der Waals surface area contributed by atoms with Crippen LogP contribution in [-0.4, -0.2) is 32.6 Å². The summed E-state index contributed by atoms with van der Waals surface area (Å²) in [6.45, 7) is 2.06. The third-order valence-corrected chi connectivity index (χ3v) is 3.45. The molecule has 104 valence electrons. The van der Waals surface area contributed by atoms with Gasteiger partial charge in [0.05, 0.1) is 11.0 Å². The van der Waals surface area contributed by atoms with E-state index in [1.54, 1.807) is 0 Å². The first-order valence-corrected chi connectivity index (χ1v) is 6.45. The van der Waals surface area contributed by atoms with E-state index in [9.17, 15) is 15.2 Å². The molecule has 1 aliphatic rings. The molecule has 0 bridgehead atoms. The summed E-state index contributed by atoms with van der Waals surface area (Å²) in [5.41, 5.74) is 0.0851. The van der Waals surface area contributed by atoms with Crippen molar-refractivity contribution in [3.8, 4) is 0 Å². The van der Waals surface area contributed by atoms with E-state index in [0.29, 0.717) is 18.9 Å². The van der Waals surface area contributed by atoms with Crippen molar-refractivity contribution in [2.24, 2.45) is 5.92 Å². The maximum absolute atomic E-state index is 11.0. The smallest absolute Gasteiger partial charge is 0.332 e. The van der Waals surface area contributed by atoms with Crippen LogP contribution >= 0.6 is 11.6 Å². The predicted molar refractivity (Wildman–Crippen MR) is 70.3 cm³/mol. The van der Waals surface area contributed by atoms with E-state index >= 15 is 0 Å². The second-order valence-electron chi connectivity index (χ2n) is 4.75. The van der Waals surface area contributed by atoms with Crippen molar-refractivity contribution in [3.63, 3.8) is 0 Å². The molecule has 0 spiro atoms. The molecule has 19 heavy (non-hydrogen) atoms. The molecule has 1 saturated carbocycles. The monoisotopic (exact) mass is 286 g/mol. The summed E-state index contributed by atoms with van der Waals surface area (Å²) in [6, 6.07) is 0. The number of anilines is 1. The van der Waals surface area contributed by atoms with Gasteiger partial charge in [0.15, 0.2) is 0 Å². The van der Waals surface area contributed by atoms with Gasteiger partial charge in [-0.2, -0.15) is 4.98 Å². The molecule has 1 aromatic heterocycles. The molecular weight excluding hydrogens is 272 g/mol. The van der Waals surface area contributed by atoms with Gasteiger partial charge in [0.1, 0.15) is 5.69 Å². The van der Waals surface area contributed by atoms with Crippen LogP contribution in [0.15, 0.2) is 0 Å². The van der Waals surface area contributed by atoms with Gasteiger partial charge in [-0.3, -0.25) is 10.1 Å². The number of nitro groups is 1. The Balaban J connectivity index is 2.12. The fraction of sp³-hybridized carbons (Fsp3) is 0.636. The van der Waals surface area contributed by atoms with Crippen molar-refractivity contribution in [2.75, 3.05) is 11.9 Å². The van der Waals surface area contributed by atoms with Gasteiger partial charge in [0.25, 0.3) is 0 Å². The lowest BCUT2D eigenvalue weighted by molar-refractivity contribution is -0.385. The Labute approximate surface area is 115 Å². The zero-order chi connectivity index (χ0) is 14.0. The molecule has 0 radical (unpaired) electrons. The van der Waals surface area contributed by atoms with Gasteiger partial charge in [-0.15, -0.1) is 0 Å². The number of halogens is 1. The third kappa shape index (κ3) is 3.30. The van der Waals surface area contributed by atoms with E-state index in [2.05, 4.69) is 15.3 Å². The van der Waals surface area contributed by atoms with Gasteiger partial charge in [0, 0.05) is 6.54 Å². The Morgan fingerprint density at radius 1 is 1.53 bits per heavy atom. The fourth-order valence-electron chi connectivity index (χ4n) is 2.35. The Bertz CT molecular complexity index is 497. The van der Waals surface area contributed by atoms with Crippen LogP contribution < -0.4 is 5.32 Å². The molecule has 7 nitrogen and oxygen atoms in total. The van der Waals surface area contributed by atoms with Crippen LogP contribution in [0.1, 0.15) is 25.0 Å². The fourth-order valence-corrected chi connectivity index (χ4v) is 2.56. The number of aliphatic hydroxyl groups is 1. The topological polar surface area (TPSA) is 101 Å². The molecule has 0 aromatic carbocycles. The SMILES string of the molecule is Cc1nc(Cl)nc(NCC2CCC(O)C2)c1[N+](=O)[O-]. The number of aromatic nitrogens is 2. The lowest BCUT2D eigenvalue weighted by atomic mass is 10.1. The number of rotatable bonds is 4. The standard InChI is InChI=1S/C11H15ClN4O3/c1-6-9(16(18)19)10(15-11(12)14-6)13-5-7-2-3-8(17)4-7/h7-8,17H,2-5H2,1H3,(H,13,14,15). The average Bonchev–Trinajstić information content (AvgIpc) is 2.71. The van der Waals surface area contributed by atoms with Crippen molar-refractivity contribution < 1.29 is 10.0 Å². The number of hydrogen-bond acceptors (Lipinski definition) is 6. The van der Waals surface area contributed by atoms with Crippen LogP contribution in [0.4, 0.5) is 11.5 Å². The molecule has 8 heteroatoms. The van der Waals surface area contributed by atoms with Crippen molar-refractivity contribution >= 4 is 23.1 Å². The minimum Gasteiger partial charge on any atom is -0.393 e. The van der Waals surface area contributed by atoms with Crippen molar-refractivity contribution in [1.82, 2.24) is 9.97 Å². The van der Waals surface area contributed by atoms with E-state index < -0.39 is 4.92 Å². The Morgan fingerprint density at radius 2 is 2.26 bits per heavy atom. The van der Waals surface area contributed by atoms with Crippen LogP contribution in [-0.2, 0) is 0 Å². The number of aryl methyl sites for hydroxylation is 1. The molecule has 2 N–H and O–H groups in total. The molecule has 1 aromatic rings. The zero-order valence-electron chi connectivity index (χ0n) is 10.5. The summed E-state index contributed by atoms with van der Waals surface area (Å²) in [5, 5.41) is 23.4. The van der Waals surface area contributed by atoms with E-state index in [0.717, 1.165) is 12.8 Å². The maximum Gasteiger partial charge on any atom is 0.332 e. The number of nitrogens with one attached hydrogen (secondary N) is 1. The Morgan fingerprint density at radius 3 is 2.84 bits per heavy atom. The van der Waals surface area contributed by atoms with Crippen LogP contribution in [0.2, 0.25) is 5.28 Å². The Hall–Kier alpha value is -1.47. The van der Waals surface area contributed by atoms with Gasteiger partial charge in [-0.05, 0) is 43.7 Å². The Kier molecular flexibility index (Phi) is 4.16. The molecule has 1 heterocycles. The first-order valence-electron chi connectivity index (χ1n) is 6.08. The van der Waals surface area contributed by atoms with Crippen molar-refractivity contribution in [1.29, 1.82) is 0 Å². The van der Waals surface area contributed by atoms with Gasteiger partial charge >= 0.3 is 5.69 Å². The van der Waals surface area contributed by atoms with Crippen molar-refractivity contribution in [3.05, 3.63) is 21.1 Å². The summed E-state index contributed by atoms with van der Waals surface area (Å²) in [4.78, 5) is 18.1. The molecule has 2 rings (SSSR count). The predicted octanol–water partition coefficient (Wildman–Crippen LogP) is 1.92. The van der Waals surface area contributed by atoms with Gasteiger partial charge in [-0.1, -0.05) is 0 Å². The minimum absolute atomic E-state index is 0.0166. The summed E-state index contributed by atoms with van der Waals surface area (Å²) >= 11 is 5.72. The van der Waals surface area contributed by atoms with Crippen LogP contribution in [0.5, 0.6) is 0 Å². The number of hydrogen-bond donors (Lipinski definition) is 2. The first-order chi connectivity index (χ1) is 8.97. The van der Waals surface area contributed by atoms with E-state index in [4.69, 9.17) is 11.6 Å². The second kappa shape index (κ2) is 5.66. The minimum atomic E-state index is -0.516. The highest BCUT2D eigenvalue weighted by atomic mass is 35.5. The second-order valence-corrected chi connectivity index (χ2v) is 5.08. The maximum atomic E-state index is 11.0. The van der Waals surface area contributed by atoms with Crippen LogP contribution in [0, 0.1) is 23.0 Å².